The summed E-state index contributed by atoms with van der Waals surface area (Å²) in [4.78, 5) is 28.1. The lowest BCUT2D eigenvalue weighted by molar-refractivity contribution is -0.140. The number of rotatable bonds is 10. The van der Waals surface area contributed by atoms with Crippen molar-refractivity contribution in [2.75, 3.05) is 17.1 Å². The number of hydrogen-bond acceptors (Lipinski definition) is 5. The van der Waals surface area contributed by atoms with Gasteiger partial charge in [0.1, 0.15) is 24.1 Å². The molecule has 0 radical (unpaired) electrons. The Morgan fingerprint density at radius 3 is 1.98 bits per heavy atom. The first-order valence-electron chi connectivity index (χ1n) is 12.5. The Hall–Kier alpha value is -3.27. The van der Waals surface area contributed by atoms with Gasteiger partial charge in [0, 0.05) is 27.7 Å². The number of nitrogens with one attached hydrogen (secondary N) is 1. The Bertz CT molecular complexity index is 1420. The van der Waals surface area contributed by atoms with E-state index in [1.54, 1.807) is 61.5 Å². The van der Waals surface area contributed by atoms with Crippen molar-refractivity contribution in [3.8, 4) is 11.5 Å². The molecule has 1 atom stereocenters. The van der Waals surface area contributed by atoms with E-state index in [1.165, 1.54) is 4.90 Å². The summed E-state index contributed by atoms with van der Waals surface area (Å²) in [5, 5.41) is 3.51. The van der Waals surface area contributed by atoms with Crippen LogP contribution in [0, 0.1) is 0 Å². The number of hydrogen-bond donors (Lipinski definition) is 1. The lowest BCUT2D eigenvalue weighted by atomic mass is 10.1. The quantitative estimate of drug-likeness (QED) is 0.311. The molecule has 0 aromatic heterocycles. The van der Waals surface area contributed by atoms with Gasteiger partial charge in [0.15, 0.2) is 0 Å². The van der Waals surface area contributed by atoms with Crippen LogP contribution in [0.25, 0.3) is 0 Å². The zero-order chi connectivity index (χ0) is 29.7. The molecule has 0 saturated heterocycles. The molecule has 0 bridgehead atoms. The molecular weight excluding hydrogens is 573 g/mol. The number of nitrogens with zero attached hydrogens (tertiary/aromatic N) is 2. The molecule has 11 heteroatoms. The van der Waals surface area contributed by atoms with Gasteiger partial charge in [0.2, 0.25) is 21.8 Å². The molecule has 0 unspecified atom stereocenters. The number of para-hydroxylation sites is 1. The third kappa shape index (κ3) is 8.61. The Kier molecular flexibility index (Phi) is 10.1. The second kappa shape index (κ2) is 12.9. The van der Waals surface area contributed by atoms with E-state index < -0.39 is 40.0 Å². The molecule has 0 aliphatic rings. The molecular formula is C29H33Cl2N3O5S. The zero-order valence-corrected chi connectivity index (χ0v) is 25.3. The first-order chi connectivity index (χ1) is 18.7. The van der Waals surface area contributed by atoms with Crippen LogP contribution in [-0.4, -0.2) is 49.5 Å². The fraction of sp³-hybridized carbons (Fsp3) is 0.310. The maximum absolute atomic E-state index is 13.7. The zero-order valence-electron chi connectivity index (χ0n) is 23.0. The predicted octanol–water partition coefficient (Wildman–Crippen LogP) is 5.88. The highest BCUT2D eigenvalue weighted by Gasteiger charge is 2.32. The SMILES string of the molecule is C[C@H](C(=O)NC(C)(C)C)N(Cc1c(Cl)cccc1Cl)C(=O)CN(c1ccc(Oc2ccccc2)cc1)S(C)(=O)=O. The van der Waals surface area contributed by atoms with Gasteiger partial charge >= 0.3 is 0 Å². The van der Waals surface area contributed by atoms with Crippen LogP contribution in [0.3, 0.4) is 0 Å². The van der Waals surface area contributed by atoms with E-state index in [2.05, 4.69) is 5.32 Å². The minimum absolute atomic E-state index is 0.0997. The Balaban J connectivity index is 1.91. The fourth-order valence-corrected chi connectivity index (χ4v) is 5.20. The molecule has 214 valence electrons. The lowest BCUT2D eigenvalue weighted by Gasteiger charge is -2.33. The van der Waals surface area contributed by atoms with Crippen molar-refractivity contribution in [3.05, 3.63) is 88.4 Å². The van der Waals surface area contributed by atoms with Gasteiger partial charge in [-0.25, -0.2) is 8.42 Å². The lowest BCUT2D eigenvalue weighted by Crippen LogP contribution is -2.54. The van der Waals surface area contributed by atoms with E-state index in [0.29, 0.717) is 27.1 Å². The second-order valence-electron chi connectivity index (χ2n) is 10.3. The summed E-state index contributed by atoms with van der Waals surface area (Å²) in [7, 11) is -3.89. The van der Waals surface area contributed by atoms with Gasteiger partial charge in [-0.15, -0.1) is 0 Å². The molecule has 1 N–H and O–H groups in total. The van der Waals surface area contributed by atoms with Crippen LogP contribution in [0.5, 0.6) is 11.5 Å². The van der Waals surface area contributed by atoms with Crippen LogP contribution < -0.4 is 14.4 Å². The third-order valence-electron chi connectivity index (χ3n) is 5.84. The maximum atomic E-state index is 13.7. The first kappa shape index (κ1) is 31.3. The van der Waals surface area contributed by atoms with E-state index in [9.17, 15) is 18.0 Å². The molecule has 3 aromatic carbocycles. The second-order valence-corrected chi connectivity index (χ2v) is 13.0. The summed E-state index contributed by atoms with van der Waals surface area (Å²) >= 11 is 12.7. The van der Waals surface area contributed by atoms with Crippen molar-refractivity contribution in [1.82, 2.24) is 10.2 Å². The number of ether oxygens (including phenoxy) is 1. The van der Waals surface area contributed by atoms with E-state index in [-0.39, 0.29) is 12.2 Å². The summed E-state index contributed by atoms with van der Waals surface area (Å²) in [6.07, 6.45) is 1.01. The maximum Gasteiger partial charge on any atom is 0.244 e. The number of amides is 2. The van der Waals surface area contributed by atoms with E-state index in [4.69, 9.17) is 27.9 Å². The van der Waals surface area contributed by atoms with E-state index >= 15 is 0 Å². The van der Waals surface area contributed by atoms with Crippen LogP contribution in [0.2, 0.25) is 10.0 Å². The molecule has 8 nitrogen and oxygen atoms in total. The molecule has 40 heavy (non-hydrogen) atoms. The van der Waals surface area contributed by atoms with Crippen LogP contribution >= 0.6 is 23.2 Å². The molecule has 0 saturated carbocycles. The number of halogens is 2. The molecule has 0 aliphatic heterocycles. The van der Waals surface area contributed by atoms with E-state index in [0.717, 1.165) is 10.6 Å². The summed E-state index contributed by atoms with van der Waals surface area (Å²) in [6.45, 7) is 6.40. The third-order valence-corrected chi connectivity index (χ3v) is 7.69. The molecule has 3 rings (SSSR count). The van der Waals surface area contributed by atoms with Gasteiger partial charge in [0.05, 0.1) is 11.9 Å². The Morgan fingerprint density at radius 1 is 0.900 bits per heavy atom. The van der Waals surface area contributed by atoms with Crippen molar-refractivity contribution in [3.63, 3.8) is 0 Å². The van der Waals surface area contributed by atoms with Crippen molar-refractivity contribution in [1.29, 1.82) is 0 Å². The molecule has 2 amide bonds. The molecule has 0 spiro atoms. The van der Waals surface area contributed by atoms with Crippen molar-refractivity contribution < 1.29 is 22.7 Å². The van der Waals surface area contributed by atoms with Gasteiger partial charge in [-0.3, -0.25) is 13.9 Å². The predicted molar refractivity (Wildman–Crippen MR) is 160 cm³/mol. The number of carbonyl (C=O) groups excluding carboxylic acids is 2. The van der Waals surface area contributed by atoms with Gasteiger partial charge in [-0.1, -0.05) is 47.5 Å². The monoisotopic (exact) mass is 605 g/mol. The van der Waals surface area contributed by atoms with E-state index in [1.807, 2.05) is 39.0 Å². The highest BCUT2D eigenvalue weighted by Crippen LogP contribution is 2.28. The Morgan fingerprint density at radius 2 is 1.45 bits per heavy atom. The minimum atomic E-state index is -3.89. The smallest absolute Gasteiger partial charge is 0.244 e. The van der Waals surface area contributed by atoms with Crippen LogP contribution in [0.15, 0.2) is 72.8 Å². The van der Waals surface area contributed by atoms with Crippen LogP contribution in [0.4, 0.5) is 5.69 Å². The van der Waals surface area contributed by atoms with Crippen LogP contribution in [0.1, 0.15) is 33.3 Å². The number of benzene rings is 3. The highest BCUT2D eigenvalue weighted by atomic mass is 35.5. The fourth-order valence-electron chi connectivity index (χ4n) is 3.83. The summed E-state index contributed by atoms with van der Waals surface area (Å²) in [5.41, 5.74) is 0.159. The summed E-state index contributed by atoms with van der Waals surface area (Å²) < 4.78 is 32.4. The number of carbonyl (C=O) groups is 2. The van der Waals surface area contributed by atoms with Crippen molar-refractivity contribution >= 4 is 50.7 Å². The molecule has 3 aromatic rings. The standard InChI is InChI=1S/C29H33Cl2N3O5S/c1-20(28(36)32-29(2,3)4)33(18-24-25(30)12-9-13-26(24)31)27(35)19-34(40(5,37)38)21-14-16-23(17-15-21)39-22-10-7-6-8-11-22/h6-17,20H,18-19H2,1-5H3,(H,32,36)/t20-/m1/s1. The topological polar surface area (TPSA) is 96.0 Å². The molecule has 0 fully saturated rings. The Labute approximate surface area is 245 Å². The summed E-state index contributed by atoms with van der Waals surface area (Å²) in [5.74, 6) is 0.110. The van der Waals surface area contributed by atoms with Gasteiger partial charge in [-0.2, -0.15) is 0 Å². The number of anilines is 1. The largest absolute Gasteiger partial charge is 0.457 e. The van der Waals surface area contributed by atoms with Gasteiger partial charge in [0.25, 0.3) is 0 Å². The minimum Gasteiger partial charge on any atom is -0.457 e. The molecule has 0 aliphatic carbocycles. The average molecular weight is 607 g/mol. The van der Waals surface area contributed by atoms with Crippen molar-refractivity contribution in [2.45, 2.75) is 45.8 Å². The number of sulfonamides is 1. The average Bonchev–Trinajstić information content (AvgIpc) is 2.86. The van der Waals surface area contributed by atoms with Gasteiger partial charge in [-0.05, 0) is 76.2 Å². The van der Waals surface area contributed by atoms with Gasteiger partial charge < -0.3 is 15.0 Å². The summed E-state index contributed by atoms with van der Waals surface area (Å²) in [6, 6.07) is 19.5. The van der Waals surface area contributed by atoms with Crippen molar-refractivity contribution in [2.24, 2.45) is 0 Å². The van der Waals surface area contributed by atoms with Crippen LogP contribution in [-0.2, 0) is 26.2 Å². The molecule has 0 heterocycles. The first-order valence-corrected chi connectivity index (χ1v) is 15.1. The highest BCUT2D eigenvalue weighted by molar-refractivity contribution is 7.92. The normalized spacial score (nSPS) is 12.4.